The second kappa shape index (κ2) is 4.89. The van der Waals surface area contributed by atoms with Crippen LogP contribution < -0.4 is 10.6 Å². The summed E-state index contributed by atoms with van der Waals surface area (Å²) in [7, 11) is 0. The predicted molar refractivity (Wildman–Crippen MR) is 62.8 cm³/mol. The Balaban J connectivity index is 2.23. The lowest BCUT2D eigenvalue weighted by atomic mass is 10.1. The zero-order valence-corrected chi connectivity index (χ0v) is 9.72. The molecule has 0 fully saturated rings. The number of anilines is 1. The minimum Gasteiger partial charge on any atom is -0.390 e. The van der Waals surface area contributed by atoms with Crippen LogP contribution in [0.15, 0.2) is 12.1 Å². The highest BCUT2D eigenvalue weighted by molar-refractivity contribution is 6.18. The molecule has 0 saturated heterocycles. The van der Waals surface area contributed by atoms with Crippen LogP contribution in [-0.2, 0) is 6.54 Å². The molecule has 0 spiro atoms. The summed E-state index contributed by atoms with van der Waals surface area (Å²) >= 11 is 5.46. The van der Waals surface area contributed by atoms with Crippen molar-refractivity contribution in [3.8, 4) is 0 Å². The molecule has 1 heterocycles. The minimum absolute atomic E-state index is 0.0989. The lowest BCUT2D eigenvalue weighted by Crippen LogP contribution is -2.21. The summed E-state index contributed by atoms with van der Waals surface area (Å²) in [6.45, 7) is 0.585. The Hall–Kier alpha value is -1.33. The van der Waals surface area contributed by atoms with E-state index in [0.29, 0.717) is 17.8 Å². The van der Waals surface area contributed by atoms with Gasteiger partial charge in [-0.2, -0.15) is 0 Å². The topological polar surface area (TPSA) is 61.4 Å². The first-order valence-corrected chi connectivity index (χ1v) is 5.73. The Morgan fingerprint density at radius 1 is 1.59 bits per heavy atom. The molecule has 17 heavy (non-hydrogen) atoms. The van der Waals surface area contributed by atoms with Gasteiger partial charge >= 0.3 is 0 Å². The maximum atomic E-state index is 13.3. The van der Waals surface area contributed by atoms with Gasteiger partial charge in [-0.15, -0.1) is 11.6 Å². The van der Waals surface area contributed by atoms with E-state index in [1.807, 2.05) is 0 Å². The molecule has 1 amide bonds. The van der Waals surface area contributed by atoms with E-state index >= 15 is 0 Å². The highest BCUT2D eigenvalue weighted by Gasteiger charge is 2.23. The number of rotatable bonds is 4. The molecule has 1 aromatic carbocycles. The Bertz CT molecular complexity index is 453. The van der Waals surface area contributed by atoms with E-state index in [0.717, 1.165) is 5.56 Å². The lowest BCUT2D eigenvalue weighted by molar-refractivity contribution is 0.0965. The number of hydrogen-bond acceptors (Lipinski definition) is 3. The maximum Gasteiger partial charge on any atom is 0.252 e. The largest absolute Gasteiger partial charge is 0.390 e. The summed E-state index contributed by atoms with van der Waals surface area (Å²) in [5.41, 5.74) is 1.58. The van der Waals surface area contributed by atoms with Crippen LogP contribution >= 0.6 is 11.6 Å². The predicted octanol–water partition coefficient (Wildman–Crippen LogP) is 1.08. The molecule has 0 aliphatic carbocycles. The van der Waals surface area contributed by atoms with Crippen LogP contribution in [0.4, 0.5) is 10.1 Å². The van der Waals surface area contributed by atoms with Gasteiger partial charge in [-0.1, -0.05) is 0 Å². The molecular weight excluding hydrogens is 247 g/mol. The van der Waals surface area contributed by atoms with Gasteiger partial charge in [-0.3, -0.25) is 4.79 Å². The van der Waals surface area contributed by atoms with Gasteiger partial charge in [0.15, 0.2) is 0 Å². The summed E-state index contributed by atoms with van der Waals surface area (Å²) in [6.07, 6.45) is -0.708. The van der Waals surface area contributed by atoms with Crippen molar-refractivity contribution in [2.75, 3.05) is 17.7 Å². The third-order valence-corrected chi connectivity index (χ3v) is 2.95. The van der Waals surface area contributed by atoms with Crippen LogP contribution in [0.25, 0.3) is 0 Å². The van der Waals surface area contributed by atoms with E-state index < -0.39 is 11.9 Å². The molecule has 3 N–H and O–H groups in total. The molecule has 0 bridgehead atoms. The fourth-order valence-corrected chi connectivity index (χ4v) is 1.84. The first-order valence-electron chi connectivity index (χ1n) is 5.20. The second-order valence-electron chi connectivity index (χ2n) is 3.85. The van der Waals surface area contributed by atoms with E-state index in [4.69, 9.17) is 11.6 Å². The summed E-state index contributed by atoms with van der Waals surface area (Å²) in [4.78, 5) is 11.4. The molecule has 92 valence electrons. The normalized spacial score (nSPS) is 15.4. The summed E-state index contributed by atoms with van der Waals surface area (Å²) in [6, 6.07) is 2.51. The zero-order chi connectivity index (χ0) is 12.4. The van der Waals surface area contributed by atoms with Crippen molar-refractivity contribution in [2.24, 2.45) is 0 Å². The van der Waals surface area contributed by atoms with Crippen LogP contribution in [0, 0.1) is 5.82 Å². The van der Waals surface area contributed by atoms with Crippen molar-refractivity contribution < 1.29 is 14.3 Å². The average molecular weight is 259 g/mol. The maximum absolute atomic E-state index is 13.3. The van der Waals surface area contributed by atoms with Gasteiger partial charge in [-0.25, -0.2) is 4.39 Å². The molecule has 1 aliphatic rings. The van der Waals surface area contributed by atoms with Gasteiger partial charge in [0.05, 0.1) is 12.0 Å². The van der Waals surface area contributed by atoms with Crippen molar-refractivity contribution >= 4 is 23.2 Å². The number of halogens is 2. The standard InChI is InChI=1S/C11H12ClFN2O2/c12-3-7(16)4-14-10-2-6(13)1-8-9(10)5-15-11(8)17/h1-2,7,14,16H,3-5H2,(H,15,17). The van der Waals surface area contributed by atoms with Crippen molar-refractivity contribution in [2.45, 2.75) is 12.6 Å². The molecule has 0 aromatic heterocycles. The number of hydrogen-bond donors (Lipinski definition) is 3. The molecular formula is C11H12ClFN2O2. The molecule has 4 nitrogen and oxygen atoms in total. The number of nitrogens with one attached hydrogen (secondary N) is 2. The van der Waals surface area contributed by atoms with E-state index in [1.165, 1.54) is 12.1 Å². The van der Waals surface area contributed by atoms with E-state index in [1.54, 1.807) is 0 Å². The molecule has 1 atom stereocenters. The molecule has 6 heteroatoms. The van der Waals surface area contributed by atoms with E-state index in [2.05, 4.69) is 10.6 Å². The number of aliphatic hydroxyl groups excluding tert-OH is 1. The highest BCUT2D eigenvalue weighted by atomic mass is 35.5. The van der Waals surface area contributed by atoms with E-state index in [9.17, 15) is 14.3 Å². The van der Waals surface area contributed by atoms with Gasteiger partial charge < -0.3 is 15.7 Å². The number of carbonyl (C=O) groups excluding carboxylic acids is 1. The number of amides is 1. The summed E-state index contributed by atoms with van der Waals surface area (Å²) in [5.74, 6) is -0.661. The number of alkyl halides is 1. The molecule has 1 aliphatic heterocycles. The van der Waals surface area contributed by atoms with E-state index in [-0.39, 0.29) is 18.3 Å². The lowest BCUT2D eigenvalue weighted by Gasteiger charge is -2.13. The SMILES string of the molecule is O=C1NCc2c(NCC(O)CCl)cc(F)cc21. The van der Waals surface area contributed by atoms with Crippen LogP contribution in [0.5, 0.6) is 0 Å². The Morgan fingerprint density at radius 3 is 3.06 bits per heavy atom. The van der Waals surface area contributed by atoms with Gasteiger partial charge in [0.1, 0.15) is 5.82 Å². The first kappa shape index (κ1) is 12.1. The highest BCUT2D eigenvalue weighted by Crippen LogP contribution is 2.25. The Morgan fingerprint density at radius 2 is 2.35 bits per heavy atom. The third-order valence-electron chi connectivity index (χ3n) is 2.59. The Kier molecular flexibility index (Phi) is 3.49. The number of benzene rings is 1. The van der Waals surface area contributed by atoms with Crippen molar-refractivity contribution in [3.63, 3.8) is 0 Å². The molecule has 0 saturated carbocycles. The van der Waals surface area contributed by atoms with Crippen LogP contribution in [-0.4, -0.2) is 29.5 Å². The van der Waals surface area contributed by atoms with Crippen molar-refractivity contribution in [1.29, 1.82) is 0 Å². The zero-order valence-electron chi connectivity index (χ0n) is 8.96. The molecule has 2 rings (SSSR count). The fraction of sp³-hybridized carbons (Fsp3) is 0.364. The molecule has 0 radical (unpaired) electrons. The Labute approximate surface area is 103 Å². The number of carbonyl (C=O) groups is 1. The van der Waals surface area contributed by atoms with Crippen molar-refractivity contribution in [1.82, 2.24) is 5.32 Å². The van der Waals surface area contributed by atoms with Gasteiger partial charge in [0.2, 0.25) is 0 Å². The van der Waals surface area contributed by atoms with Crippen LogP contribution in [0.1, 0.15) is 15.9 Å². The number of fused-ring (bicyclic) bond motifs is 1. The molecule has 1 aromatic rings. The number of aliphatic hydroxyl groups is 1. The third kappa shape index (κ3) is 2.50. The second-order valence-corrected chi connectivity index (χ2v) is 4.16. The van der Waals surface area contributed by atoms with Gasteiger partial charge in [0.25, 0.3) is 5.91 Å². The summed E-state index contributed by atoms with van der Waals surface area (Å²) in [5, 5.41) is 14.8. The van der Waals surface area contributed by atoms with Crippen LogP contribution in [0.2, 0.25) is 0 Å². The monoisotopic (exact) mass is 258 g/mol. The average Bonchev–Trinajstić information content (AvgIpc) is 2.68. The first-order chi connectivity index (χ1) is 8.11. The minimum atomic E-state index is -0.708. The van der Waals surface area contributed by atoms with Gasteiger partial charge in [-0.05, 0) is 12.1 Å². The van der Waals surface area contributed by atoms with Crippen molar-refractivity contribution in [3.05, 3.63) is 29.1 Å². The summed E-state index contributed by atoms with van der Waals surface area (Å²) < 4.78 is 13.3. The van der Waals surface area contributed by atoms with Gasteiger partial charge in [0, 0.05) is 29.9 Å². The fourth-order valence-electron chi connectivity index (χ4n) is 1.73. The smallest absolute Gasteiger partial charge is 0.252 e. The quantitative estimate of drug-likeness (QED) is 0.709. The molecule has 1 unspecified atom stereocenters. The van der Waals surface area contributed by atoms with Crippen LogP contribution in [0.3, 0.4) is 0 Å².